The Bertz CT molecular complexity index is 289. The van der Waals surface area contributed by atoms with Gasteiger partial charge in [0, 0.05) is 25.2 Å². The lowest BCUT2D eigenvalue weighted by molar-refractivity contribution is -0.187. The molecule has 19 heavy (non-hydrogen) atoms. The van der Waals surface area contributed by atoms with E-state index < -0.39 is 18.3 Å². The van der Waals surface area contributed by atoms with Crippen molar-refractivity contribution < 1.29 is 13.2 Å². The summed E-state index contributed by atoms with van der Waals surface area (Å²) in [4.78, 5) is 3.89. The molecular formula is C13H24F3N3. The van der Waals surface area contributed by atoms with E-state index in [0.29, 0.717) is 19.5 Å². The minimum absolute atomic E-state index is 0.288. The Kier molecular flexibility index (Phi) is 4.74. The highest BCUT2D eigenvalue weighted by molar-refractivity contribution is 4.94. The van der Waals surface area contributed by atoms with E-state index >= 15 is 0 Å². The molecule has 2 aliphatic rings. The zero-order valence-electron chi connectivity index (χ0n) is 11.5. The van der Waals surface area contributed by atoms with E-state index in [1.54, 1.807) is 11.8 Å². The maximum atomic E-state index is 13.2. The van der Waals surface area contributed by atoms with Gasteiger partial charge in [0.25, 0.3) is 0 Å². The minimum Gasteiger partial charge on any atom is -0.326 e. The van der Waals surface area contributed by atoms with E-state index in [0.717, 1.165) is 19.5 Å². The average Bonchev–Trinajstić information content (AvgIpc) is 2.96. The Morgan fingerprint density at radius 1 is 1.21 bits per heavy atom. The number of likely N-dealkylation sites (tertiary alicyclic amines) is 2. The van der Waals surface area contributed by atoms with Gasteiger partial charge < -0.3 is 5.73 Å². The SMILES string of the molecule is CCC(N)C(N1CCC(N2CCCC2)C1)C(F)(F)F. The summed E-state index contributed by atoms with van der Waals surface area (Å²) in [5, 5.41) is 0. The van der Waals surface area contributed by atoms with Crippen molar-refractivity contribution in [1.29, 1.82) is 0 Å². The largest absolute Gasteiger partial charge is 0.405 e. The van der Waals surface area contributed by atoms with Crippen LogP contribution in [0, 0.1) is 0 Å². The number of hydrogen-bond acceptors (Lipinski definition) is 3. The van der Waals surface area contributed by atoms with E-state index in [4.69, 9.17) is 5.73 Å². The van der Waals surface area contributed by atoms with Gasteiger partial charge in [-0.15, -0.1) is 0 Å². The summed E-state index contributed by atoms with van der Waals surface area (Å²) >= 11 is 0. The molecule has 2 fully saturated rings. The van der Waals surface area contributed by atoms with Gasteiger partial charge in [-0.25, -0.2) is 0 Å². The lowest BCUT2D eigenvalue weighted by atomic mass is 10.0. The van der Waals surface area contributed by atoms with Gasteiger partial charge in [0.15, 0.2) is 0 Å². The van der Waals surface area contributed by atoms with Gasteiger partial charge in [-0.3, -0.25) is 9.80 Å². The predicted octanol–water partition coefficient (Wildman–Crippen LogP) is 1.82. The quantitative estimate of drug-likeness (QED) is 0.852. The highest BCUT2D eigenvalue weighted by Gasteiger charge is 2.48. The van der Waals surface area contributed by atoms with E-state index in [1.807, 2.05) is 0 Å². The van der Waals surface area contributed by atoms with Crippen LogP contribution in [0.5, 0.6) is 0 Å². The van der Waals surface area contributed by atoms with E-state index in [1.165, 1.54) is 12.8 Å². The number of nitrogens with zero attached hydrogens (tertiary/aromatic N) is 2. The van der Waals surface area contributed by atoms with Gasteiger partial charge in [-0.05, 0) is 38.8 Å². The molecule has 0 amide bonds. The van der Waals surface area contributed by atoms with Gasteiger partial charge in [0.2, 0.25) is 0 Å². The van der Waals surface area contributed by atoms with Crippen LogP contribution in [-0.4, -0.2) is 60.3 Å². The van der Waals surface area contributed by atoms with Crippen molar-refractivity contribution in [2.75, 3.05) is 26.2 Å². The van der Waals surface area contributed by atoms with E-state index in [2.05, 4.69) is 4.90 Å². The van der Waals surface area contributed by atoms with Crippen LogP contribution < -0.4 is 5.73 Å². The minimum atomic E-state index is -4.23. The van der Waals surface area contributed by atoms with Crippen LogP contribution in [0.3, 0.4) is 0 Å². The molecule has 6 heteroatoms. The molecule has 0 radical (unpaired) electrons. The fourth-order valence-corrected chi connectivity index (χ4v) is 3.37. The fourth-order valence-electron chi connectivity index (χ4n) is 3.37. The number of alkyl halides is 3. The van der Waals surface area contributed by atoms with Gasteiger partial charge >= 0.3 is 6.18 Å². The monoisotopic (exact) mass is 279 g/mol. The van der Waals surface area contributed by atoms with Gasteiger partial charge in [-0.1, -0.05) is 6.92 Å². The van der Waals surface area contributed by atoms with E-state index in [9.17, 15) is 13.2 Å². The van der Waals surface area contributed by atoms with Crippen molar-refractivity contribution in [2.24, 2.45) is 5.73 Å². The number of halogens is 3. The standard InChI is InChI=1S/C13H24F3N3/c1-2-11(17)12(13(14,15)16)19-8-5-10(9-19)18-6-3-4-7-18/h10-12H,2-9,17H2,1H3. The molecule has 3 nitrogen and oxygen atoms in total. The molecule has 0 bridgehead atoms. The summed E-state index contributed by atoms with van der Waals surface area (Å²) in [7, 11) is 0. The van der Waals surface area contributed by atoms with Crippen molar-refractivity contribution in [3.8, 4) is 0 Å². The molecule has 0 aliphatic carbocycles. The predicted molar refractivity (Wildman–Crippen MR) is 68.9 cm³/mol. The van der Waals surface area contributed by atoms with Crippen LogP contribution in [0.2, 0.25) is 0 Å². The third-order valence-electron chi connectivity index (χ3n) is 4.46. The summed E-state index contributed by atoms with van der Waals surface area (Å²) in [6.07, 6.45) is -0.686. The smallest absolute Gasteiger partial charge is 0.326 e. The molecule has 0 aromatic heterocycles. The van der Waals surface area contributed by atoms with Crippen molar-refractivity contribution in [3.05, 3.63) is 0 Å². The van der Waals surface area contributed by atoms with Crippen LogP contribution >= 0.6 is 0 Å². The van der Waals surface area contributed by atoms with Crippen molar-refractivity contribution >= 4 is 0 Å². The average molecular weight is 279 g/mol. The molecule has 2 N–H and O–H groups in total. The highest BCUT2D eigenvalue weighted by atomic mass is 19.4. The topological polar surface area (TPSA) is 32.5 Å². The summed E-state index contributed by atoms with van der Waals surface area (Å²) in [6.45, 7) is 4.82. The third kappa shape index (κ3) is 3.41. The molecule has 2 aliphatic heterocycles. The second-order valence-corrected chi connectivity index (χ2v) is 5.74. The second-order valence-electron chi connectivity index (χ2n) is 5.74. The van der Waals surface area contributed by atoms with Gasteiger partial charge in [0.05, 0.1) is 0 Å². The first-order valence-electron chi connectivity index (χ1n) is 7.24. The summed E-state index contributed by atoms with van der Waals surface area (Å²) in [5.41, 5.74) is 5.71. The van der Waals surface area contributed by atoms with Crippen LogP contribution in [0.25, 0.3) is 0 Å². The summed E-state index contributed by atoms with van der Waals surface area (Å²) in [5.74, 6) is 0. The lowest BCUT2D eigenvalue weighted by Gasteiger charge is -2.34. The second kappa shape index (κ2) is 5.97. The molecule has 2 heterocycles. The first kappa shape index (κ1) is 15.1. The van der Waals surface area contributed by atoms with Crippen molar-refractivity contribution in [3.63, 3.8) is 0 Å². The Morgan fingerprint density at radius 3 is 2.37 bits per heavy atom. The lowest BCUT2D eigenvalue weighted by Crippen LogP contribution is -2.55. The molecule has 3 atom stereocenters. The Labute approximate surface area is 112 Å². The number of nitrogens with two attached hydrogens (primary N) is 1. The highest BCUT2D eigenvalue weighted by Crippen LogP contribution is 2.31. The van der Waals surface area contributed by atoms with Crippen LogP contribution in [0.4, 0.5) is 13.2 Å². The summed E-state index contributed by atoms with van der Waals surface area (Å²) in [6, 6.07) is -2.01. The van der Waals surface area contributed by atoms with Crippen molar-refractivity contribution in [1.82, 2.24) is 9.80 Å². The first-order valence-corrected chi connectivity index (χ1v) is 7.24. The fraction of sp³-hybridized carbons (Fsp3) is 1.00. The zero-order chi connectivity index (χ0) is 14.0. The molecular weight excluding hydrogens is 255 g/mol. The van der Waals surface area contributed by atoms with Crippen LogP contribution in [0.1, 0.15) is 32.6 Å². The zero-order valence-corrected chi connectivity index (χ0v) is 11.5. The summed E-state index contributed by atoms with van der Waals surface area (Å²) < 4.78 is 39.5. The molecule has 0 aromatic carbocycles. The third-order valence-corrected chi connectivity index (χ3v) is 4.46. The van der Waals surface area contributed by atoms with Crippen LogP contribution in [0.15, 0.2) is 0 Å². The van der Waals surface area contributed by atoms with Crippen molar-refractivity contribution in [2.45, 2.75) is 56.9 Å². The maximum Gasteiger partial charge on any atom is 0.405 e. The Morgan fingerprint density at radius 2 is 1.84 bits per heavy atom. The van der Waals surface area contributed by atoms with E-state index in [-0.39, 0.29) is 6.04 Å². The van der Waals surface area contributed by atoms with Gasteiger partial charge in [0.1, 0.15) is 6.04 Å². The first-order chi connectivity index (χ1) is 8.93. The molecule has 112 valence electrons. The number of rotatable bonds is 4. The van der Waals surface area contributed by atoms with Crippen LogP contribution in [-0.2, 0) is 0 Å². The molecule has 0 aromatic rings. The Balaban J connectivity index is 1.99. The normalized spacial score (nSPS) is 29.8. The maximum absolute atomic E-state index is 13.2. The number of hydrogen-bond donors (Lipinski definition) is 1. The molecule has 3 unspecified atom stereocenters. The Hall–Kier alpha value is -0.330. The molecule has 0 spiro atoms. The molecule has 2 saturated heterocycles. The molecule has 2 rings (SSSR count). The van der Waals surface area contributed by atoms with Gasteiger partial charge in [-0.2, -0.15) is 13.2 Å². The molecule has 0 saturated carbocycles.